The van der Waals surface area contributed by atoms with E-state index < -0.39 is 0 Å². The first-order valence-electron chi connectivity index (χ1n) is 9.90. The third-order valence-corrected chi connectivity index (χ3v) is 4.78. The molecule has 9 heteroatoms. The predicted octanol–water partition coefficient (Wildman–Crippen LogP) is 2.04. The lowest BCUT2D eigenvalue weighted by Crippen LogP contribution is -2.31. The lowest BCUT2D eigenvalue weighted by molar-refractivity contribution is 0.0951. The third kappa shape index (κ3) is 4.36. The van der Waals surface area contributed by atoms with Crippen LogP contribution in [0.2, 0.25) is 0 Å². The summed E-state index contributed by atoms with van der Waals surface area (Å²) in [7, 11) is 3.93. The van der Waals surface area contributed by atoms with E-state index in [9.17, 15) is 4.79 Å². The number of nitrogens with one attached hydrogen (secondary N) is 1. The molecule has 4 rings (SSSR count). The molecule has 0 aromatic carbocycles. The number of nitrogens with zero attached hydrogens (tertiary/aromatic N) is 6. The van der Waals surface area contributed by atoms with Crippen LogP contribution in [0.4, 0.5) is 5.95 Å². The van der Waals surface area contributed by atoms with Gasteiger partial charge in [-0.3, -0.25) is 14.2 Å². The Bertz CT molecular complexity index is 1250. The number of hydrogen-bond acceptors (Lipinski definition) is 7. The van der Waals surface area contributed by atoms with Gasteiger partial charge in [-0.15, -0.1) is 0 Å². The molecule has 3 N–H and O–H groups in total. The summed E-state index contributed by atoms with van der Waals surface area (Å²) in [6, 6.07) is 11.1. The Morgan fingerprint density at radius 3 is 2.71 bits per heavy atom. The number of rotatable bonds is 6. The van der Waals surface area contributed by atoms with E-state index in [0.717, 1.165) is 17.9 Å². The number of fused-ring (bicyclic) bond motifs is 1. The smallest absolute Gasteiger partial charge is 0.251 e. The highest BCUT2D eigenvalue weighted by Gasteiger charge is 2.19. The largest absolute Gasteiger partial charge is 0.368 e. The van der Waals surface area contributed by atoms with Crippen molar-refractivity contribution in [3.63, 3.8) is 0 Å². The molecule has 4 heterocycles. The second-order valence-electron chi connectivity index (χ2n) is 7.48. The molecule has 1 amide bonds. The summed E-state index contributed by atoms with van der Waals surface area (Å²) in [6.07, 6.45) is 3.42. The first-order chi connectivity index (χ1) is 14.9. The summed E-state index contributed by atoms with van der Waals surface area (Å²) >= 11 is 0. The maximum atomic E-state index is 12.6. The molecule has 0 unspecified atom stereocenters. The second-order valence-corrected chi connectivity index (χ2v) is 7.48. The van der Waals surface area contributed by atoms with E-state index in [0.29, 0.717) is 34.8 Å². The van der Waals surface area contributed by atoms with Crippen molar-refractivity contribution >= 4 is 17.5 Å². The SMILES string of the molecule is Cc1cccc(-c2nc3cc(C(=O)NCCN(C)C)ccn3c2-c2ccnc(N)n2)n1. The molecule has 0 aliphatic rings. The quantitative estimate of drug-likeness (QED) is 0.494. The van der Waals surface area contributed by atoms with Crippen molar-refractivity contribution in [2.24, 2.45) is 0 Å². The summed E-state index contributed by atoms with van der Waals surface area (Å²) < 4.78 is 1.89. The number of aryl methyl sites for hydroxylation is 1. The van der Waals surface area contributed by atoms with Gasteiger partial charge in [0, 0.05) is 36.7 Å². The number of imidazole rings is 1. The number of pyridine rings is 2. The Hall–Kier alpha value is -3.85. The molecule has 4 aromatic rings. The number of aromatic nitrogens is 5. The zero-order chi connectivity index (χ0) is 22.0. The first kappa shape index (κ1) is 20.4. The van der Waals surface area contributed by atoms with Crippen LogP contribution in [0.1, 0.15) is 16.1 Å². The van der Waals surface area contributed by atoms with Gasteiger partial charge in [-0.25, -0.2) is 15.0 Å². The zero-order valence-electron chi connectivity index (χ0n) is 17.7. The van der Waals surface area contributed by atoms with Crippen LogP contribution in [0.3, 0.4) is 0 Å². The average Bonchev–Trinajstić information content (AvgIpc) is 3.12. The molecule has 0 saturated heterocycles. The number of hydrogen-bond donors (Lipinski definition) is 2. The van der Waals surface area contributed by atoms with Crippen molar-refractivity contribution in [1.82, 2.24) is 34.6 Å². The Balaban J connectivity index is 1.81. The third-order valence-electron chi connectivity index (χ3n) is 4.78. The minimum absolute atomic E-state index is 0.143. The number of amides is 1. The van der Waals surface area contributed by atoms with Crippen LogP contribution in [0.25, 0.3) is 28.4 Å². The van der Waals surface area contributed by atoms with Gasteiger partial charge in [-0.1, -0.05) is 6.07 Å². The standard InChI is InChI=1S/C22H24N8O/c1-14-5-4-6-16(26-14)19-20(17-7-9-25-22(23)27-17)30-11-8-15(13-18(30)28-19)21(31)24-10-12-29(2)3/h4-9,11,13H,10,12H2,1-3H3,(H,24,31)(H2,23,25,27). The summed E-state index contributed by atoms with van der Waals surface area (Å²) in [5.74, 6) is 0.0305. The number of anilines is 1. The molecule has 158 valence electrons. The van der Waals surface area contributed by atoms with Gasteiger partial charge >= 0.3 is 0 Å². The fraction of sp³-hybridized carbons (Fsp3) is 0.227. The normalized spacial score (nSPS) is 11.2. The van der Waals surface area contributed by atoms with Gasteiger partial charge in [0.05, 0.1) is 11.4 Å². The van der Waals surface area contributed by atoms with Gasteiger partial charge in [0.25, 0.3) is 5.91 Å². The Morgan fingerprint density at radius 2 is 1.97 bits per heavy atom. The topological polar surface area (TPSA) is 114 Å². The number of nitrogens with two attached hydrogens (primary N) is 1. The zero-order valence-corrected chi connectivity index (χ0v) is 17.7. The van der Waals surface area contributed by atoms with E-state index in [1.165, 1.54) is 0 Å². The fourth-order valence-electron chi connectivity index (χ4n) is 3.29. The van der Waals surface area contributed by atoms with Crippen molar-refractivity contribution in [3.8, 4) is 22.8 Å². The van der Waals surface area contributed by atoms with Crippen molar-refractivity contribution < 1.29 is 4.79 Å². The number of nitrogen functional groups attached to an aromatic ring is 1. The second kappa shape index (κ2) is 8.49. The van der Waals surface area contributed by atoms with Crippen LogP contribution in [0.15, 0.2) is 48.8 Å². The van der Waals surface area contributed by atoms with Crippen LogP contribution < -0.4 is 11.1 Å². The van der Waals surface area contributed by atoms with Crippen LogP contribution in [0.5, 0.6) is 0 Å². The van der Waals surface area contributed by atoms with E-state index in [1.54, 1.807) is 24.4 Å². The van der Waals surface area contributed by atoms with Crippen molar-refractivity contribution in [2.75, 3.05) is 32.9 Å². The van der Waals surface area contributed by atoms with E-state index in [1.807, 2.05) is 54.7 Å². The van der Waals surface area contributed by atoms with Gasteiger partial charge < -0.3 is 16.0 Å². The highest BCUT2D eigenvalue weighted by molar-refractivity contribution is 5.95. The summed E-state index contributed by atoms with van der Waals surface area (Å²) in [4.78, 5) is 32.4. The van der Waals surface area contributed by atoms with Crippen molar-refractivity contribution in [2.45, 2.75) is 6.92 Å². The minimum atomic E-state index is -0.143. The molecule has 0 saturated carbocycles. The molecule has 0 aliphatic heterocycles. The van der Waals surface area contributed by atoms with Gasteiger partial charge in [-0.2, -0.15) is 0 Å². The van der Waals surface area contributed by atoms with Crippen LogP contribution in [0, 0.1) is 6.92 Å². The fourth-order valence-corrected chi connectivity index (χ4v) is 3.29. The number of likely N-dealkylation sites (N-methyl/N-ethyl adjacent to an activating group) is 1. The van der Waals surface area contributed by atoms with Gasteiger partial charge in [0.2, 0.25) is 5.95 Å². The molecule has 0 aliphatic carbocycles. The highest BCUT2D eigenvalue weighted by Crippen LogP contribution is 2.31. The first-order valence-corrected chi connectivity index (χ1v) is 9.90. The predicted molar refractivity (Wildman–Crippen MR) is 119 cm³/mol. The number of carbonyl (C=O) groups is 1. The molecule has 31 heavy (non-hydrogen) atoms. The minimum Gasteiger partial charge on any atom is -0.368 e. The lowest BCUT2D eigenvalue weighted by Gasteiger charge is -2.10. The van der Waals surface area contributed by atoms with E-state index in [2.05, 4.69) is 20.3 Å². The molecule has 4 aromatic heterocycles. The Kier molecular flexibility index (Phi) is 5.59. The van der Waals surface area contributed by atoms with E-state index >= 15 is 0 Å². The number of carbonyl (C=O) groups excluding carboxylic acids is 1. The van der Waals surface area contributed by atoms with Crippen molar-refractivity contribution in [1.29, 1.82) is 0 Å². The maximum Gasteiger partial charge on any atom is 0.251 e. The summed E-state index contributed by atoms with van der Waals surface area (Å²) in [6.45, 7) is 3.26. The summed E-state index contributed by atoms with van der Waals surface area (Å²) in [5.41, 5.74) is 10.6. The lowest BCUT2D eigenvalue weighted by atomic mass is 10.1. The van der Waals surface area contributed by atoms with Crippen LogP contribution in [-0.4, -0.2) is 62.3 Å². The molecule has 0 atom stereocenters. The van der Waals surface area contributed by atoms with Gasteiger partial charge in [-0.05, 0) is 51.4 Å². The molecule has 0 radical (unpaired) electrons. The van der Waals surface area contributed by atoms with E-state index in [4.69, 9.17) is 10.7 Å². The molecule has 0 spiro atoms. The van der Waals surface area contributed by atoms with Crippen molar-refractivity contribution in [3.05, 3.63) is 60.0 Å². The Morgan fingerprint density at radius 1 is 1.13 bits per heavy atom. The molecular formula is C22H24N8O. The molecular weight excluding hydrogens is 392 g/mol. The molecule has 0 bridgehead atoms. The summed E-state index contributed by atoms with van der Waals surface area (Å²) in [5, 5.41) is 2.93. The van der Waals surface area contributed by atoms with Gasteiger partial charge in [0.1, 0.15) is 17.0 Å². The van der Waals surface area contributed by atoms with E-state index in [-0.39, 0.29) is 11.9 Å². The maximum absolute atomic E-state index is 12.6. The van der Waals surface area contributed by atoms with Gasteiger partial charge in [0.15, 0.2) is 0 Å². The molecule has 9 nitrogen and oxygen atoms in total. The highest BCUT2D eigenvalue weighted by atomic mass is 16.1. The average molecular weight is 416 g/mol. The van der Waals surface area contributed by atoms with Crippen LogP contribution in [-0.2, 0) is 0 Å². The monoisotopic (exact) mass is 416 g/mol. The Labute approximate surface area is 180 Å². The molecule has 0 fully saturated rings. The van der Waals surface area contributed by atoms with Crippen LogP contribution >= 0.6 is 0 Å².